The van der Waals surface area contributed by atoms with Crippen molar-refractivity contribution >= 4 is 22.6 Å². The Morgan fingerprint density at radius 2 is 1.67 bits per heavy atom. The van der Waals surface area contributed by atoms with Crippen molar-refractivity contribution in [3.63, 3.8) is 0 Å². The molecule has 4 aromatic rings. The molecule has 0 saturated heterocycles. The smallest absolute Gasteiger partial charge is 0.344 e. The number of benzene rings is 3. The van der Waals surface area contributed by atoms with Gasteiger partial charge in [0.2, 0.25) is 0 Å². The number of anilines is 1. The third-order valence-electron chi connectivity index (χ3n) is 4.75. The minimum atomic E-state index is -0.424. The molecule has 30 heavy (non-hydrogen) atoms. The Kier molecular flexibility index (Phi) is 5.22. The normalized spacial score (nSPS) is 10.6. The quantitative estimate of drug-likeness (QED) is 0.489. The van der Waals surface area contributed by atoms with Crippen LogP contribution in [0.2, 0.25) is 0 Å². The first-order valence-corrected chi connectivity index (χ1v) is 9.26. The third-order valence-corrected chi connectivity index (χ3v) is 4.75. The second-order valence-corrected chi connectivity index (χ2v) is 6.58. The number of hydrogen-bond acceptors (Lipinski definition) is 5. The molecule has 0 aliphatic heterocycles. The van der Waals surface area contributed by atoms with Gasteiger partial charge in [0.15, 0.2) is 0 Å². The summed E-state index contributed by atoms with van der Waals surface area (Å²) < 4.78 is 15.9. The van der Waals surface area contributed by atoms with E-state index in [1.165, 1.54) is 7.11 Å². The molecule has 0 saturated carbocycles. The molecule has 0 unspecified atom stereocenters. The fraction of sp³-hybridized carbons (Fsp3) is 0.0833. The van der Waals surface area contributed by atoms with Gasteiger partial charge in [-0.15, -0.1) is 0 Å². The van der Waals surface area contributed by atoms with Gasteiger partial charge in [-0.3, -0.25) is 4.79 Å². The van der Waals surface area contributed by atoms with Crippen LogP contribution in [0.3, 0.4) is 0 Å². The number of hydrogen-bond donors (Lipinski definition) is 1. The predicted octanol–water partition coefficient (Wildman–Crippen LogP) is 4.73. The maximum atomic E-state index is 12.7. The molecule has 150 valence electrons. The number of para-hydroxylation sites is 1. The summed E-state index contributed by atoms with van der Waals surface area (Å²) in [6.07, 6.45) is 0. The van der Waals surface area contributed by atoms with Crippen molar-refractivity contribution in [1.29, 1.82) is 0 Å². The van der Waals surface area contributed by atoms with Crippen LogP contribution in [0.1, 0.15) is 10.4 Å². The van der Waals surface area contributed by atoms with Crippen LogP contribution in [0, 0.1) is 0 Å². The Labute approximate surface area is 172 Å². The second-order valence-electron chi connectivity index (χ2n) is 6.58. The van der Waals surface area contributed by atoms with Crippen molar-refractivity contribution in [3.05, 3.63) is 88.8 Å². The molecule has 0 aliphatic carbocycles. The fourth-order valence-electron chi connectivity index (χ4n) is 3.17. The summed E-state index contributed by atoms with van der Waals surface area (Å²) in [5, 5.41) is 3.66. The number of nitrogens with one attached hydrogen (secondary N) is 1. The molecule has 6 heteroatoms. The van der Waals surface area contributed by atoms with Crippen LogP contribution in [-0.4, -0.2) is 20.1 Å². The van der Waals surface area contributed by atoms with E-state index in [0.717, 1.165) is 5.39 Å². The van der Waals surface area contributed by atoms with Crippen molar-refractivity contribution in [3.8, 4) is 22.6 Å². The summed E-state index contributed by atoms with van der Waals surface area (Å²) in [4.78, 5) is 25.0. The average Bonchev–Trinajstić information content (AvgIpc) is 2.78. The van der Waals surface area contributed by atoms with E-state index in [4.69, 9.17) is 13.9 Å². The zero-order chi connectivity index (χ0) is 21.1. The van der Waals surface area contributed by atoms with Crippen LogP contribution in [0.4, 0.5) is 5.69 Å². The van der Waals surface area contributed by atoms with Gasteiger partial charge >= 0.3 is 5.63 Å². The van der Waals surface area contributed by atoms with Gasteiger partial charge in [-0.25, -0.2) is 4.79 Å². The number of carbonyl (C=O) groups is 1. The van der Waals surface area contributed by atoms with Crippen molar-refractivity contribution in [2.24, 2.45) is 0 Å². The summed E-state index contributed by atoms with van der Waals surface area (Å²) in [7, 11) is 3.08. The summed E-state index contributed by atoms with van der Waals surface area (Å²) in [6, 6.07) is 21.0. The monoisotopic (exact) mass is 401 g/mol. The van der Waals surface area contributed by atoms with Gasteiger partial charge in [0.25, 0.3) is 5.91 Å². The van der Waals surface area contributed by atoms with E-state index in [1.54, 1.807) is 61.7 Å². The van der Waals surface area contributed by atoms with Crippen molar-refractivity contribution < 1.29 is 18.7 Å². The molecule has 0 radical (unpaired) electrons. The lowest BCUT2D eigenvalue weighted by atomic mass is 10.0. The molecule has 3 aromatic carbocycles. The number of methoxy groups -OCH3 is 2. The highest BCUT2D eigenvalue weighted by atomic mass is 16.5. The van der Waals surface area contributed by atoms with Gasteiger partial charge < -0.3 is 19.2 Å². The second kappa shape index (κ2) is 8.13. The van der Waals surface area contributed by atoms with Gasteiger partial charge in [0, 0.05) is 17.0 Å². The average molecular weight is 401 g/mol. The maximum absolute atomic E-state index is 12.7. The Morgan fingerprint density at radius 1 is 0.900 bits per heavy atom. The molecule has 0 fully saturated rings. The van der Waals surface area contributed by atoms with Crippen molar-refractivity contribution in [2.45, 2.75) is 0 Å². The number of carbonyl (C=O) groups excluding carboxylic acids is 1. The molecular weight excluding hydrogens is 382 g/mol. The van der Waals surface area contributed by atoms with Crippen LogP contribution in [0.15, 0.2) is 82.0 Å². The Morgan fingerprint density at radius 3 is 2.40 bits per heavy atom. The highest BCUT2D eigenvalue weighted by molar-refractivity contribution is 6.05. The van der Waals surface area contributed by atoms with Gasteiger partial charge in [0.1, 0.15) is 17.1 Å². The number of amides is 1. The summed E-state index contributed by atoms with van der Waals surface area (Å²) in [5.41, 5.74) is 2.16. The predicted molar refractivity (Wildman–Crippen MR) is 115 cm³/mol. The van der Waals surface area contributed by atoms with E-state index >= 15 is 0 Å². The Hall–Kier alpha value is -4.06. The number of fused-ring (bicyclic) bond motifs is 1. The van der Waals surface area contributed by atoms with E-state index in [1.807, 2.05) is 18.2 Å². The lowest BCUT2D eigenvalue weighted by Gasteiger charge is -2.12. The van der Waals surface area contributed by atoms with E-state index in [2.05, 4.69) is 5.32 Å². The Balaban J connectivity index is 1.61. The highest BCUT2D eigenvalue weighted by Gasteiger charge is 2.13. The molecule has 0 aliphatic rings. The van der Waals surface area contributed by atoms with Crippen molar-refractivity contribution in [1.82, 2.24) is 0 Å². The molecular formula is C24H19NO5. The summed E-state index contributed by atoms with van der Waals surface area (Å²) >= 11 is 0. The van der Waals surface area contributed by atoms with Gasteiger partial charge in [-0.05, 0) is 42.0 Å². The van der Waals surface area contributed by atoms with Gasteiger partial charge in [0.05, 0.1) is 25.5 Å². The first-order chi connectivity index (χ1) is 14.6. The largest absolute Gasteiger partial charge is 0.497 e. The van der Waals surface area contributed by atoms with E-state index in [9.17, 15) is 9.59 Å². The molecule has 1 amide bonds. The van der Waals surface area contributed by atoms with Crippen LogP contribution >= 0.6 is 0 Å². The third kappa shape index (κ3) is 3.75. The Bertz CT molecular complexity index is 1280. The van der Waals surface area contributed by atoms with Crippen LogP contribution in [0.25, 0.3) is 22.1 Å². The van der Waals surface area contributed by atoms with Crippen LogP contribution in [0.5, 0.6) is 11.5 Å². The van der Waals surface area contributed by atoms with Gasteiger partial charge in [-0.1, -0.05) is 30.3 Å². The molecule has 0 atom stereocenters. The minimum Gasteiger partial charge on any atom is -0.497 e. The van der Waals surface area contributed by atoms with Gasteiger partial charge in [-0.2, -0.15) is 0 Å². The van der Waals surface area contributed by atoms with E-state index in [0.29, 0.717) is 39.5 Å². The first-order valence-electron chi connectivity index (χ1n) is 9.26. The van der Waals surface area contributed by atoms with E-state index in [-0.39, 0.29) is 5.91 Å². The maximum Gasteiger partial charge on any atom is 0.344 e. The van der Waals surface area contributed by atoms with Crippen LogP contribution in [-0.2, 0) is 0 Å². The highest BCUT2D eigenvalue weighted by Crippen LogP contribution is 2.29. The molecule has 6 nitrogen and oxygen atoms in total. The molecule has 1 aromatic heterocycles. The number of rotatable bonds is 5. The fourth-order valence-corrected chi connectivity index (χ4v) is 3.17. The van der Waals surface area contributed by atoms with E-state index < -0.39 is 5.63 Å². The summed E-state index contributed by atoms with van der Waals surface area (Å²) in [6.45, 7) is 0. The number of ether oxygens (including phenoxy) is 2. The first kappa shape index (κ1) is 19.3. The molecule has 0 bridgehead atoms. The molecule has 1 heterocycles. The standard InChI is InChI=1S/C24H19NO5/c1-28-18-11-12-22(29-2)20(14-18)25-23(26)16-9-7-15(8-10-16)19-13-17-5-3-4-6-21(17)30-24(19)27/h3-14H,1-2H3,(H,25,26). The zero-order valence-corrected chi connectivity index (χ0v) is 16.5. The van der Waals surface area contributed by atoms with Crippen LogP contribution < -0.4 is 20.4 Å². The lowest BCUT2D eigenvalue weighted by Crippen LogP contribution is -2.13. The lowest BCUT2D eigenvalue weighted by molar-refractivity contribution is 0.102. The molecule has 0 spiro atoms. The topological polar surface area (TPSA) is 77.8 Å². The zero-order valence-electron chi connectivity index (χ0n) is 16.5. The molecule has 1 N–H and O–H groups in total. The SMILES string of the molecule is COc1ccc(OC)c(NC(=O)c2ccc(-c3cc4ccccc4oc3=O)cc2)c1. The summed E-state index contributed by atoms with van der Waals surface area (Å²) in [5.74, 6) is 0.817. The molecule has 4 rings (SSSR count). The minimum absolute atomic E-state index is 0.307. The van der Waals surface area contributed by atoms with Crippen molar-refractivity contribution in [2.75, 3.05) is 19.5 Å².